The third-order valence-corrected chi connectivity index (χ3v) is 4.93. The molecule has 0 amide bonds. The average Bonchev–Trinajstić information content (AvgIpc) is 2.98. The van der Waals surface area contributed by atoms with Crippen LogP contribution in [-0.4, -0.2) is 9.55 Å². The van der Waals surface area contributed by atoms with E-state index in [2.05, 4.69) is 60.0 Å². The summed E-state index contributed by atoms with van der Waals surface area (Å²) < 4.78 is 2.39. The van der Waals surface area contributed by atoms with E-state index in [0.717, 1.165) is 11.3 Å². The Bertz CT molecular complexity index is 760. The molecule has 2 heterocycles. The fourth-order valence-corrected chi connectivity index (χ4v) is 4.12. The summed E-state index contributed by atoms with van der Waals surface area (Å²) in [5, 5.41) is 0.364. The van der Waals surface area contributed by atoms with Gasteiger partial charge in [-0.15, -0.1) is 11.8 Å². The molecular weight excluding hydrogens is 252 g/mol. The predicted molar refractivity (Wildman–Crippen MR) is 80.3 cm³/mol. The Hall–Kier alpha value is -1.74. The van der Waals surface area contributed by atoms with Crippen molar-refractivity contribution in [2.45, 2.75) is 18.1 Å². The number of hydrogen-bond acceptors (Lipinski definition) is 2. The van der Waals surface area contributed by atoms with Gasteiger partial charge >= 0.3 is 0 Å². The summed E-state index contributed by atoms with van der Waals surface area (Å²) in [5.41, 5.74) is 5.10. The van der Waals surface area contributed by atoms with Crippen molar-refractivity contribution in [1.82, 2.24) is 9.55 Å². The maximum atomic E-state index is 4.74. The van der Waals surface area contributed by atoms with Gasteiger partial charge in [-0.05, 0) is 30.2 Å². The Kier molecular flexibility index (Phi) is 2.42. The van der Waals surface area contributed by atoms with Crippen molar-refractivity contribution in [2.24, 2.45) is 0 Å². The van der Waals surface area contributed by atoms with Gasteiger partial charge in [0.05, 0.1) is 16.8 Å². The molecule has 0 unspecified atom stereocenters. The first-order chi connectivity index (χ1) is 9.34. The molecule has 0 bridgehead atoms. The molecular formula is C16H14N2S. The minimum atomic E-state index is 0.364. The summed E-state index contributed by atoms with van der Waals surface area (Å²) >= 11 is 1.96. The van der Waals surface area contributed by atoms with Gasteiger partial charge in [-0.3, -0.25) is 0 Å². The van der Waals surface area contributed by atoms with Crippen LogP contribution in [0, 0.1) is 6.92 Å². The lowest BCUT2D eigenvalue weighted by molar-refractivity contribution is 0.789. The summed E-state index contributed by atoms with van der Waals surface area (Å²) in [4.78, 5) is 4.74. The molecule has 4 rings (SSSR count). The highest BCUT2D eigenvalue weighted by Crippen LogP contribution is 2.43. The molecule has 1 atom stereocenters. The lowest BCUT2D eigenvalue weighted by atomic mass is 10.1. The molecule has 19 heavy (non-hydrogen) atoms. The number of aryl methyl sites for hydroxylation is 1. The van der Waals surface area contributed by atoms with E-state index in [-0.39, 0.29) is 0 Å². The van der Waals surface area contributed by atoms with E-state index in [1.807, 2.05) is 11.8 Å². The zero-order valence-electron chi connectivity index (χ0n) is 10.7. The van der Waals surface area contributed by atoms with Crippen LogP contribution in [0.2, 0.25) is 0 Å². The first kappa shape index (κ1) is 11.1. The van der Waals surface area contributed by atoms with E-state index in [9.17, 15) is 0 Å². The zero-order valence-corrected chi connectivity index (χ0v) is 11.5. The molecule has 0 saturated carbocycles. The summed E-state index contributed by atoms with van der Waals surface area (Å²) in [7, 11) is 0. The maximum absolute atomic E-state index is 4.74. The maximum Gasteiger partial charge on any atom is 0.121 e. The topological polar surface area (TPSA) is 17.8 Å². The number of fused-ring (bicyclic) bond motifs is 3. The Balaban J connectivity index is 1.94. The van der Waals surface area contributed by atoms with Crippen LogP contribution in [0.25, 0.3) is 11.0 Å². The number of para-hydroxylation sites is 2. The number of nitrogens with zero attached hydrogens (tertiary/aromatic N) is 2. The summed E-state index contributed by atoms with van der Waals surface area (Å²) in [6.07, 6.45) is 0. The van der Waals surface area contributed by atoms with Gasteiger partial charge in [-0.2, -0.15) is 0 Å². The smallest absolute Gasteiger partial charge is 0.121 e. The van der Waals surface area contributed by atoms with E-state index in [1.165, 1.54) is 22.5 Å². The second kappa shape index (κ2) is 4.14. The van der Waals surface area contributed by atoms with Gasteiger partial charge in [0.2, 0.25) is 0 Å². The van der Waals surface area contributed by atoms with Gasteiger partial charge in [0, 0.05) is 0 Å². The van der Waals surface area contributed by atoms with Crippen LogP contribution in [0.1, 0.15) is 22.3 Å². The highest BCUT2D eigenvalue weighted by molar-refractivity contribution is 7.99. The lowest BCUT2D eigenvalue weighted by Gasteiger charge is -2.16. The molecule has 2 aromatic carbocycles. The van der Waals surface area contributed by atoms with Gasteiger partial charge in [0.15, 0.2) is 0 Å². The number of thioether (sulfide) groups is 1. The number of hydrogen-bond donors (Lipinski definition) is 0. The molecule has 0 radical (unpaired) electrons. The molecule has 0 spiro atoms. The van der Waals surface area contributed by atoms with Crippen molar-refractivity contribution in [3.05, 3.63) is 65.5 Å². The largest absolute Gasteiger partial charge is 0.310 e. The van der Waals surface area contributed by atoms with Crippen molar-refractivity contribution in [1.29, 1.82) is 0 Å². The van der Waals surface area contributed by atoms with E-state index in [4.69, 9.17) is 4.98 Å². The molecule has 1 aliphatic rings. The molecule has 3 heteroatoms. The summed E-state index contributed by atoms with van der Waals surface area (Å²) in [6.45, 7) is 2.19. The molecule has 1 aliphatic heterocycles. The zero-order chi connectivity index (χ0) is 12.8. The molecule has 0 N–H and O–H groups in total. The van der Waals surface area contributed by atoms with Gasteiger partial charge in [-0.1, -0.05) is 36.4 Å². The predicted octanol–water partition coefficient (Wildman–Crippen LogP) is 4.14. The minimum absolute atomic E-state index is 0.364. The fourth-order valence-electron chi connectivity index (χ4n) is 2.78. The number of rotatable bonds is 1. The van der Waals surface area contributed by atoms with Crippen LogP contribution in [-0.2, 0) is 5.75 Å². The highest BCUT2D eigenvalue weighted by Gasteiger charge is 2.28. The standard InChI is InChI=1S/C16H14N2S/c1-11-6-2-3-7-12(11)16-18-14-9-5-4-8-13(14)17-15(18)10-19-16/h2-9,16H,10H2,1H3/t16-/m1/s1. The summed E-state index contributed by atoms with van der Waals surface area (Å²) in [6, 6.07) is 17.1. The molecule has 0 saturated heterocycles. The van der Waals surface area contributed by atoms with Crippen LogP contribution >= 0.6 is 11.8 Å². The van der Waals surface area contributed by atoms with Gasteiger partial charge in [0.1, 0.15) is 11.2 Å². The third kappa shape index (κ3) is 1.61. The Morgan fingerprint density at radius 1 is 1.11 bits per heavy atom. The Labute approximate surface area is 116 Å². The first-order valence-electron chi connectivity index (χ1n) is 6.47. The van der Waals surface area contributed by atoms with Crippen LogP contribution in [0.3, 0.4) is 0 Å². The minimum Gasteiger partial charge on any atom is -0.310 e. The lowest BCUT2D eigenvalue weighted by Crippen LogP contribution is -2.04. The normalized spacial score (nSPS) is 17.8. The van der Waals surface area contributed by atoms with Crippen LogP contribution < -0.4 is 0 Å². The van der Waals surface area contributed by atoms with Gasteiger partial charge in [0.25, 0.3) is 0 Å². The second-order valence-corrected chi connectivity index (χ2v) is 5.98. The molecule has 1 aromatic heterocycles. The molecule has 2 nitrogen and oxygen atoms in total. The van der Waals surface area contributed by atoms with Crippen molar-refractivity contribution in [3.8, 4) is 0 Å². The van der Waals surface area contributed by atoms with Crippen molar-refractivity contribution >= 4 is 22.8 Å². The number of imidazole rings is 1. The van der Waals surface area contributed by atoms with E-state index < -0.39 is 0 Å². The van der Waals surface area contributed by atoms with E-state index in [0.29, 0.717) is 5.37 Å². The van der Waals surface area contributed by atoms with E-state index in [1.54, 1.807) is 0 Å². The number of aromatic nitrogens is 2. The summed E-state index contributed by atoms with van der Waals surface area (Å²) in [5.74, 6) is 2.19. The van der Waals surface area contributed by atoms with Crippen LogP contribution in [0.4, 0.5) is 0 Å². The van der Waals surface area contributed by atoms with Crippen LogP contribution in [0.15, 0.2) is 48.5 Å². The molecule has 94 valence electrons. The van der Waals surface area contributed by atoms with Gasteiger partial charge < -0.3 is 4.57 Å². The van der Waals surface area contributed by atoms with Gasteiger partial charge in [-0.25, -0.2) is 4.98 Å². The third-order valence-electron chi connectivity index (χ3n) is 3.73. The van der Waals surface area contributed by atoms with Crippen molar-refractivity contribution in [3.63, 3.8) is 0 Å². The van der Waals surface area contributed by atoms with E-state index >= 15 is 0 Å². The van der Waals surface area contributed by atoms with Crippen molar-refractivity contribution in [2.75, 3.05) is 0 Å². The first-order valence-corrected chi connectivity index (χ1v) is 7.52. The highest BCUT2D eigenvalue weighted by atomic mass is 32.2. The fraction of sp³-hybridized carbons (Fsp3) is 0.188. The second-order valence-electron chi connectivity index (χ2n) is 4.91. The average molecular weight is 266 g/mol. The quantitative estimate of drug-likeness (QED) is 0.659. The van der Waals surface area contributed by atoms with Crippen molar-refractivity contribution < 1.29 is 0 Å². The molecule has 0 aliphatic carbocycles. The molecule has 3 aromatic rings. The molecule has 0 fully saturated rings. The SMILES string of the molecule is Cc1ccccc1[C@H]1SCc2nc3ccccc3n21. The Morgan fingerprint density at radius 3 is 2.79 bits per heavy atom. The monoisotopic (exact) mass is 266 g/mol. The van der Waals surface area contributed by atoms with Crippen LogP contribution in [0.5, 0.6) is 0 Å². The Morgan fingerprint density at radius 2 is 1.89 bits per heavy atom. The number of benzene rings is 2.